The number of amides is 1. The van der Waals surface area contributed by atoms with Crippen LogP contribution in [-0.4, -0.2) is 17.4 Å². The van der Waals surface area contributed by atoms with Crippen molar-refractivity contribution in [2.24, 2.45) is 5.73 Å². The molecule has 2 rings (SSSR count). The molecule has 21 heavy (non-hydrogen) atoms. The predicted molar refractivity (Wildman–Crippen MR) is 77.7 cm³/mol. The third-order valence-electron chi connectivity index (χ3n) is 2.76. The molecule has 0 aliphatic rings. The maximum Gasteiger partial charge on any atom is 0.254 e. The number of nitrogens with one attached hydrogen (secondary N) is 1. The Balaban J connectivity index is 1.97. The van der Waals surface area contributed by atoms with Crippen LogP contribution < -0.4 is 11.1 Å². The van der Waals surface area contributed by atoms with Crippen LogP contribution in [0, 0.1) is 17.7 Å². The summed E-state index contributed by atoms with van der Waals surface area (Å²) in [6, 6.07) is 8.73. The molecule has 0 aliphatic carbocycles. The number of benzene rings is 1. The second kappa shape index (κ2) is 7.17. The first-order valence-corrected chi connectivity index (χ1v) is 6.36. The molecular formula is C16H14FN3O. The van der Waals surface area contributed by atoms with Crippen molar-refractivity contribution < 1.29 is 9.18 Å². The van der Waals surface area contributed by atoms with Gasteiger partial charge in [0.2, 0.25) is 0 Å². The van der Waals surface area contributed by atoms with Gasteiger partial charge in [-0.2, -0.15) is 0 Å². The van der Waals surface area contributed by atoms with Gasteiger partial charge in [-0.25, -0.2) is 4.39 Å². The summed E-state index contributed by atoms with van der Waals surface area (Å²) in [5, 5.41) is 2.66. The van der Waals surface area contributed by atoms with Crippen molar-refractivity contribution in [1.29, 1.82) is 0 Å². The van der Waals surface area contributed by atoms with Crippen molar-refractivity contribution in [1.82, 2.24) is 10.3 Å². The van der Waals surface area contributed by atoms with Crippen LogP contribution in [0.2, 0.25) is 0 Å². The van der Waals surface area contributed by atoms with Gasteiger partial charge in [-0.1, -0.05) is 24.0 Å². The second-order valence-corrected chi connectivity index (χ2v) is 4.24. The van der Waals surface area contributed by atoms with Crippen LogP contribution >= 0.6 is 0 Å². The standard InChI is InChI=1S/C16H14FN3O/c17-15-11-19-9-7-14(15)16(21)20-10-13-5-3-12(4-6-13)2-1-8-18/h3-7,9,11H,8,10,18H2,(H,20,21). The predicted octanol–water partition coefficient (Wildman–Crippen LogP) is 1.46. The van der Waals surface area contributed by atoms with Crippen LogP contribution in [0.3, 0.4) is 0 Å². The SMILES string of the molecule is NCC#Cc1ccc(CNC(=O)c2ccncc2F)cc1. The van der Waals surface area contributed by atoms with E-state index in [1.807, 2.05) is 24.3 Å². The Labute approximate surface area is 122 Å². The Morgan fingerprint density at radius 2 is 2.05 bits per heavy atom. The maximum absolute atomic E-state index is 13.4. The summed E-state index contributed by atoms with van der Waals surface area (Å²) in [5.41, 5.74) is 7.04. The molecule has 0 atom stereocenters. The van der Waals surface area contributed by atoms with Gasteiger partial charge in [0.15, 0.2) is 5.82 Å². The molecule has 1 heterocycles. The molecule has 0 spiro atoms. The molecule has 0 saturated carbocycles. The van der Waals surface area contributed by atoms with E-state index in [2.05, 4.69) is 22.1 Å². The Hall–Kier alpha value is -2.71. The Morgan fingerprint density at radius 3 is 2.71 bits per heavy atom. The maximum atomic E-state index is 13.4. The lowest BCUT2D eigenvalue weighted by atomic mass is 10.1. The zero-order valence-corrected chi connectivity index (χ0v) is 11.3. The third kappa shape index (κ3) is 4.13. The summed E-state index contributed by atoms with van der Waals surface area (Å²) >= 11 is 0. The van der Waals surface area contributed by atoms with Crippen LogP contribution in [0.25, 0.3) is 0 Å². The van der Waals surface area contributed by atoms with Gasteiger partial charge in [0.25, 0.3) is 5.91 Å². The first kappa shape index (κ1) is 14.7. The molecule has 5 heteroatoms. The van der Waals surface area contributed by atoms with Crippen LogP contribution in [0.4, 0.5) is 4.39 Å². The molecule has 0 aliphatic heterocycles. The van der Waals surface area contributed by atoms with E-state index in [1.54, 1.807) is 0 Å². The van der Waals surface area contributed by atoms with Gasteiger partial charge >= 0.3 is 0 Å². The molecule has 2 aromatic rings. The topological polar surface area (TPSA) is 68.0 Å². The zero-order chi connectivity index (χ0) is 15.1. The highest BCUT2D eigenvalue weighted by molar-refractivity contribution is 5.94. The van der Waals surface area contributed by atoms with E-state index in [1.165, 1.54) is 12.3 Å². The van der Waals surface area contributed by atoms with Gasteiger partial charge in [0.05, 0.1) is 18.3 Å². The lowest BCUT2D eigenvalue weighted by Gasteiger charge is -2.06. The molecule has 0 fully saturated rings. The number of carbonyl (C=O) groups is 1. The Kier molecular flexibility index (Phi) is 5.02. The lowest BCUT2D eigenvalue weighted by Crippen LogP contribution is -2.23. The molecule has 0 saturated heterocycles. The average Bonchev–Trinajstić information content (AvgIpc) is 2.52. The van der Waals surface area contributed by atoms with Gasteiger partial charge in [0.1, 0.15) is 0 Å². The average molecular weight is 283 g/mol. The highest BCUT2D eigenvalue weighted by Crippen LogP contribution is 2.06. The fourth-order valence-electron chi connectivity index (χ4n) is 1.70. The van der Waals surface area contributed by atoms with Gasteiger partial charge in [-0.15, -0.1) is 0 Å². The molecule has 1 aromatic heterocycles. The minimum atomic E-state index is -0.637. The molecule has 0 bridgehead atoms. The quantitative estimate of drug-likeness (QED) is 0.838. The largest absolute Gasteiger partial charge is 0.348 e. The molecule has 106 valence electrons. The van der Waals surface area contributed by atoms with Crippen molar-refractivity contribution in [3.8, 4) is 11.8 Å². The fourth-order valence-corrected chi connectivity index (χ4v) is 1.70. The first-order chi connectivity index (χ1) is 10.2. The molecule has 4 nitrogen and oxygen atoms in total. The Bertz CT molecular complexity index is 687. The van der Waals surface area contributed by atoms with Crippen molar-refractivity contribution in [2.75, 3.05) is 6.54 Å². The number of nitrogens with two attached hydrogens (primary N) is 1. The van der Waals surface area contributed by atoms with Crippen molar-refractivity contribution in [3.63, 3.8) is 0 Å². The first-order valence-electron chi connectivity index (χ1n) is 6.36. The molecule has 1 amide bonds. The number of hydrogen-bond donors (Lipinski definition) is 2. The van der Waals surface area contributed by atoms with Crippen molar-refractivity contribution in [3.05, 3.63) is 65.2 Å². The van der Waals surface area contributed by atoms with Crippen LogP contribution in [0.5, 0.6) is 0 Å². The molecule has 3 N–H and O–H groups in total. The van der Waals surface area contributed by atoms with E-state index in [-0.39, 0.29) is 5.56 Å². The van der Waals surface area contributed by atoms with E-state index in [4.69, 9.17) is 5.73 Å². The second-order valence-electron chi connectivity index (χ2n) is 4.24. The minimum absolute atomic E-state index is 0.0181. The van der Waals surface area contributed by atoms with E-state index in [0.29, 0.717) is 13.1 Å². The van der Waals surface area contributed by atoms with Crippen molar-refractivity contribution in [2.45, 2.75) is 6.54 Å². The molecule has 0 radical (unpaired) electrons. The van der Waals surface area contributed by atoms with Gasteiger partial charge < -0.3 is 11.1 Å². The fraction of sp³-hybridized carbons (Fsp3) is 0.125. The van der Waals surface area contributed by atoms with Crippen LogP contribution in [0.15, 0.2) is 42.7 Å². The normalized spacial score (nSPS) is 9.62. The van der Waals surface area contributed by atoms with Crippen LogP contribution in [0.1, 0.15) is 21.5 Å². The number of aromatic nitrogens is 1. The number of halogens is 1. The monoisotopic (exact) mass is 283 g/mol. The number of hydrogen-bond acceptors (Lipinski definition) is 3. The number of carbonyl (C=O) groups excluding carboxylic acids is 1. The van der Waals surface area contributed by atoms with E-state index in [0.717, 1.165) is 17.3 Å². The van der Waals surface area contributed by atoms with Gasteiger partial charge in [0, 0.05) is 18.3 Å². The third-order valence-corrected chi connectivity index (χ3v) is 2.76. The summed E-state index contributed by atoms with van der Waals surface area (Å²) < 4.78 is 13.4. The minimum Gasteiger partial charge on any atom is -0.348 e. The van der Waals surface area contributed by atoms with E-state index < -0.39 is 11.7 Å². The smallest absolute Gasteiger partial charge is 0.254 e. The lowest BCUT2D eigenvalue weighted by molar-refractivity contribution is 0.0946. The Morgan fingerprint density at radius 1 is 1.29 bits per heavy atom. The zero-order valence-electron chi connectivity index (χ0n) is 11.3. The molecule has 0 unspecified atom stereocenters. The van der Waals surface area contributed by atoms with Gasteiger partial charge in [-0.05, 0) is 23.8 Å². The summed E-state index contributed by atoms with van der Waals surface area (Å²) in [6.07, 6.45) is 2.39. The molecular weight excluding hydrogens is 269 g/mol. The van der Waals surface area contributed by atoms with E-state index in [9.17, 15) is 9.18 Å². The highest BCUT2D eigenvalue weighted by atomic mass is 19.1. The number of rotatable bonds is 3. The molecule has 1 aromatic carbocycles. The van der Waals surface area contributed by atoms with Gasteiger partial charge in [-0.3, -0.25) is 9.78 Å². The summed E-state index contributed by atoms with van der Waals surface area (Å²) in [4.78, 5) is 15.4. The summed E-state index contributed by atoms with van der Waals surface area (Å²) in [5.74, 6) is 4.57. The summed E-state index contributed by atoms with van der Waals surface area (Å²) in [7, 11) is 0. The van der Waals surface area contributed by atoms with Crippen molar-refractivity contribution >= 4 is 5.91 Å². The number of nitrogens with zero attached hydrogens (tertiary/aromatic N) is 1. The van der Waals surface area contributed by atoms with E-state index >= 15 is 0 Å². The van der Waals surface area contributed by atoms with Crippen LogP contribution in [-0.2, 0) is 6.54 Å². The summed E-state index contributed by atoms with van der Waals surface area (Å²) in [6.45, 7) is 0.625. The number of pyridine rings is 1. The highest BCUT2D eigenvalue weighted by Gasteiger charge is 2.10.